The maximum atomic E-state index is 14.2. The third kappa shape index (κ3) is 6.44. The molecule has 2 fully saturated rings. The van der Waals surface area contributed by atoms with Crippen molar-refractivity contribution in [2.45, 2.75) is 64.0 Å². The molecule has 4 heterocycles. The third-order valence-electron chi connectivity index (χ3n) is 9.63. The van der Waals surface area contributed by atoms with Crippen LogP contribution in [-0.2, 0) is 24.3 Å². The summed E-state index contributed by atoms with van der Waals surface area (Å²) in [5.74, 6) is 1.85. The van der Waals surface area contributed by atoms with Crippen molar-refractivity contribution in [1.82, 2.24) is 29.7 Å². The number of alkyl halides is 2. The Bertz CT molecular complexity index is 1690. The van der Waals surface area contributed by atoms with Crippen LogP contribution in [0, 0.1) is 0 Å². The fraction of sp³-hybridized carbons (Fsp3) is 0.457. The average Bonchev–Trinajstić information content (AvgIpc) is 3.80. The number of rotatable bonds is 9. The van der Waals surface area contributed by atoms with E-state index in [1.54, 1.807) is 6.07 Å². The first kappa shape index (κ1) is 29.8. The number of carbonyl (C=O) groups excluding carboxylic acids is 1. The van der Waals surface area contributed by atoms with E-state index in [0.717, 1.165) is 49.2 Å². The molecule has 236 valence electrons. The normalized spacial score (nSPS) is 19.3. The molecule has 10 heteroatoms. The Labute approximate surface area is 262 Å². The molecule has 0 unspecified atom stereocenters. The Morgan fingerprint density at radius 3 is 2.64 bits per heavy atom. The van der Waals surface area contributed by atoms with Crippen LogP contribution in [-0.4, -0.2) is 75.3 Å². The number of nitrogens with zero attached hydrogens (tertiary/aromatic N) is 5. The van der Waals surface area contributed by atoms with E-state index in [1.807, 2.05) is 23.1 Å². The summed E-state index contributed by atoms with van der Waals surface area (Å²) in [6.07, 6.45) is 2.26. The van der Waals surface area contributed by atoms with Crippen molar-refractivity contribution < 1.29 is 18.3 Å². The number of carbonyl (C=O) groups is 1. The lowest BCUT2D eigenvalue weighted by Gasteiger charge is -2.35. The summed E-state index contributed by atoms with van der Waals surface area (Å²) >= 11 is 0. The molecule has 2 aromatic carbocycles. The van der Waals surface area contributed by atoms with Crippen LogP contribution in [0.5, 0.6) is 11.6 Å². The maximum Gasteiger partial charge on any atom is 0.264 e. The Kier molecular flexibility index (Phi) is 8.27. The second kappa shape index (κ2) is 12.5. The van der Waals surface area contributed by atoms with Gasteiger partial charge in [0.15, 0.2) is 0 Å². The van der Waals surface area contributed by atoms with Crippen LogP contribution in [0.1, 0.15) is 78.0 Å². The van der Waals surface area contributed by atoms with Gasteiger partial charge in [-0.3, -0.25) is 9.69 Å². The first-order valence-electron chi connectivity index (χ1n) is 16.1. The van der Waals surface area contributed by atoms with E-state index >= 15 is 0 Å². The third-order valence-corrected chi connectivity index (χ3v) is 9.63. The quantitative estimate of drug-likeness (QED) is 0.236. The number of ether oxygens (including phenoxy) is 1. The van der Waals surface area contributed by atoms with Crippen molar-refractivity contribution in [2.24, 2.45) is 0 Å². The van der Waals surface area contributed by atoms with E-state index in [-0.39, 0.29) is 23.8 Å². The van der Waals surface area contributed by atoms with Crippen LogP contribution in [0.2, 0.25) is 0 Å². The van der Waals surface area contributed by atoms with Crippen molar-refractivity contribution in [3.8, 4) is 11.6 Å². The van der Waals surface area contributed by atoms with E-state index in [0.29, 0.717) is 48.3 Å². The van der Waals surface area contributed by atoms with Crippen molar-refractivity contribution in [2.75, 3.05) is 39.8 Å². The molecule has 1 saturated carbocycles. The average molecular weight is 615 g/mol. The zero-order valence-corrected chi connectivity index (χ0v) is 25.9. The highest BCUT2D eigenvalue weighted by molar-refractivity contribution is 5.82. The molecule has 2 aromatic heterocycles. The minimum Gasteiger partial charge on any atom is -0.438 e. The highest BCUT2D eigenvalue weighted by Crippen LogP contribution is 2.42. The number of piperazine rings is 1. The number of nitrogens with one attached hydrogen (secondary N) is 1. The second-order valence-electron chi connectivity index (χ2n) is 12.9. The highest BCUT2D eigenvalue weighted by Gasteiger charge is 2.29. The molecule has 3 aliphatic rings. The van der Waals surface area contributed by atoms with Crippen LogP contribution >= 0.6 is 0 Å². The molecule has 7 rings (SSSR count). The molecular weight excluding hydrogens is 574 g/mol. The van der Waals surface area contributed by atoms with Gasteiger partial charge < -0.3 is 19.5 Å². The molecule has 1 aliphatic carbocycles. The lowest BCUT2D eigenvalue weighted by atomic mass is 9.87. The molecule has 1 N–H and O–H groups in total. The monoisotopic (exact) mass is 614 g/mol. The number of benzene rings is 2. The van der Waals surface area contributed by atoms with Gasteiger partial charge in [-0.15, -0.1) is 0 Å². The van der Waals surface area contributed by atoms with E-state index in [9.17, 15) is 13.6 Å². The summed E-state index contributed by atoms with van der Waals surface area (Å²) in [6, 6.07) is 13.3. The standard InChI is InChI=1S/C35H40F2N6O2/c1-3-23-19-43(32(44)15-22-4-5-25(29(14-22)33(36)37)18-42-12-10-41(2)11-13-42)20-26-16-27(8-9-28(23)26)45-35-30-17-31(24-6-7-24)40-34(30)38-21-39-35/h4-5,8-9,14,16-17,21,23-24,33H,3,6-7,10-13,15,18-20H2,1-2H3,(H,38,39,40)/t23-/m0/s1. The maximum absolute atomic E-state index is 14.2. The topological polar surface area (TPSA) is 77.6 Å². The van der Waals surface area contributed by atoms with E-state index < -0.39 is 6.43 Å². The Balaban J connectivity index is 1.06. The minimum absolute atomic E-state index is 0.0296. The van der Waals surface area contributed by atoms with Crippen molar-refractivity contribution in [1.29, 1.82) is 0 Å². The van der Waals surface area contributed by atoms with Gasteiger partial charge in [0.25, 0.3) is 6.43 Å². The molecule has 1 amide bonds. The number of hydrogen-bond donors (Lipinski definition) is 1. The summed E-state index contributed by atoms with van der Waals surface area (Å²) in [6.45, 7) is 7.25. The molecule has 0 bridgehead atoms. The summed E-state index contributed by atoms with van der Waals surface area (Å²) in [4.78, 5) is 32.1. The van der Waals surface area contributed by atoms with Crippen molar-refractivity contribution in [3.63, 3.8) is 0 Å². The number of halogens is 2. The molecule has 0 spiro atoms. The summed E-state index contributed by atoms with van der Waals surface area (Å²) in [7, 11) is 2.08. The summed E-state index contributed by atoms with van der Waals surface area (Å²) in [5, 5.41) is 0.859. The second-order valence-corrected chi connectivity index (χ2v) is 12.9. The molecular formula is C35H40F2N6O2. The molecule has 45 heavy (non-hydrogen) atoms. The molecule has 0 radical (unpaired) electrons. The van der Waals surface area contributed by atoms with Gasteiger partial charge in [-0.1, -0.05) is 25.1 Å². The Morgan fingerprint density at radius 1 is 1.07 bits per heavy atom. The summed E-state index contributed by atoms with van der Waals surface area (Å²) in [5.41, 5.74) is 5.48. The number of likely N-dealkylation sites (N-methyl/N-ethyl adjacent to an activating group) is 1. The predicted molar refractivity (Wildman–Crippen MR) is 169 cm³/mol. The van der Waals surface area contributed by atoms with Crippen LogP contribution < -0.4 is 4.74 Å². The van der Waals surface area contributed by atoms with Gasteiger partial charge in [-0.05, 0) is 78.7 Å². The van der Waals surface area contributed by atoms with Gasteiger partial charge in [0.2, 0.25) is 11.8 Å². The number of aromatic nitrogens is 3. The van der Waals surface area contributed by atoms with Gasteiger partial charge in [-0.25, -0.2) is 18.7 Å². The smallest absolute Gasteiger partial charge is 0.264 e. The number of amides is 1. The van der Waals surface area contributed by atoms with E-state index in [4.69, 9.17) is 4.74 Å². The Morgan fingerprint density at radius 2 is 1.89 bits per heavy atom. The molecule has 1 saturated heterocycles. The number of aromatic amines is 1. The van der Waals surface area contributed by atoms with Gasteiger partial charge in [0, 0.05) is 63.0 Å². The van der Waals surface area contributed by atoms with Crippen molar-refractivity contribution >= 4 is 16.9 Å². The fourth-order valence-electron chi connectivity index (χ4n) is 6.73. The zero-order valence-electron chi connectivity index (χ0n) is 25.9. The van der Waals surface area contributed by atoms with E-state index in [1.165, 1.54) is 36.5 Å². The molecule has 8 nitrogen and oxygen atoms in total. The zero-order chi connectivity index (χ0) is 31.1. The van der Waals surface area contributed by atoms with Gasteiger partial charge in [0.05, 0.1) is 11.8 Å². The van der Waals surface area contributed by atoms with Crippen LogP contribution in [0.25, 0.3) is 11.0 Å². The minimum atomic E-state index is -2.59. The van der Waals surface area contributed by atoms with Gasteiger partial charge in [0.1, 0.15) is 17.7 Å². The predicted octanol–water partition coefficient (Wildman–Crippen LogP) is 6.39. The number of H-pyrrole nitrogens is 1. The van der Waals surface area contributed by atoms with Gasteiger partial charge >= 0.3 is 0 Å². The summed E-state index contributed by atoms with van der Waals surface area (Å²) < 4.78 is 34.6. The molecule has 1 atom stereocenters. The highest BCUT2D eigenvalue weighted by atomic mass is 19.3. The molecule has 4 aromatic rings. The lowest BCUT2D eigenvalue weighted by molar-refractivity contribution is -0.131. The van der Waals surface area contributed by atoms with Gasteiger partial charge in [-0.2, -0.15) is 0 Å². The molecule has 2 aliphatic heterocycles. The van der Waals surface area contributed by atoms with Crippen LogP contribution in [0.3, 0.4) is 0 Å². The van der Waals surface area contributed by atoms with Crippen molar-refractivity contribution in [3.05, 3.63) is 82.3 Å². The van der Waals surface area contributed by atoms with E-state index in [2.05, 4.69) is 50.9 Å². The van der Waals surface area contributed by atoms with Crippen LogP contribution in [0.15, 0.2) is 48.8 Å². The first-order valence-corrected chi connectivity index (χ1v) is 16.1. The number of fused-ring (bicyclic) bond motifs is 2. The SMILES string of the molecule is CC[C@H]1CN(C(=O)Cc2ccc(CN3CCN(C)CC3)c(C(F)F)c2)Cc2cc(Oc3ncnc4[nH]c(C5CC5)cc34)ccc21. The first-order chi connectivity index (χ1) is 21.8. The Hall–Kier alpha value is -3.89. The largest absolute Gasteiger partial charge is 0.438 e. The lowest BCUT2D eigenvalue weighted by Crippen LogP contribution is -2.44. The number of hydrogen-bond acceptors (Lipinski definition) is 6. The fourth-order valence-corrected chi connectivity index (χ4v) is 6.73. The van der Waals surface area contributed by atoms with Crippen LogP contribution in [0.4, 0.5) is 8.78 Å².